The Morgan fingerprint density at radius 1 is 1.16 bits per heavy atom. The minimum atomic E-state index is -0.505. The molecular weight excluding hydrogens is 393 g/mol. The molecule has 0 spiro atoms. The number of nitrogens with two attached hydrogens (primary N) is 1. The summed E-state index contributed by atoms with van der Waals surface area (Å²) in [4.78, 5) is 24.9. The highest BCUT2D eigenvalue weighted by atomic mass is 19.1. The number of aromatic nitrogens is 2. The molecule has 4 aromatic rings. The van der Waals surface area contributed by atoms with Gasteiger partial charge in [-0.2, -0.15) is 0 Å². The second kappa shape index (κ2) is 6.94. The van der Waals surface area contributed by atoms with Crippen LogP contribution in [0.3, 0.4) is 0 Å². The van der Waals surface area contributed by atoms with Crippen molar-refractivity contribution < 1.29 is 9.18 Å². The number of fused-ring (bicyclic) bond motifs is 1. The first kappa shape index (κ1) is 19.3. The van der Waals surface area contributed by atoms with Crippen LogP contribution in [0.25, 0.3) is 27.6 Å². The molecule has 0 unspecified atom stereocenters. The van der Waals surface area contributed by atoms with Gasteiger partial charge in [0.2, 0.25) is 0 Å². The summed E-state index contributed by atoms with van der Waals surface area (Å²) in [6, 6.07) is 12.6. The van der Waals surface area contributed by atoms with Crippen LogP contribution >= 0.6 is 0 Å². The molecule has 1 aliphatic rings. The maximum absolute atomic E-state index is 14.9. The Kier molecular flexibility index (Phi) is 4.32. The van der Waals surface area contributed by atoms with E-state index in [0.717, 1.165) is 35.1 Å². The minimum Gasteiger partial charge on any atom is -0.364 e. The van der Waals surface area contributed by atoms with E-state index in [2.05, 4.69) is 0 Å². The Labute approximate surface area is 178 Å². The average Bonchev–Trinajstić information content (AvgIpc) is 3.50. The van der Waals surface area contributed by atoms with Gasteiger partial charge in [-0.1, -0.05) is 18.2 Å². The topological polar surface area (TPSA) is 70.0 Å². The van der Waals surface area contributed by atoms with E-state index in [1.807, 2.05) is 37.4 Å². The van der Waals surface area contributed by atoms with E-state index < -0.39 is 11.7 Å². The van der Waals surface area contributed by atoms with Crippen LogP contribution in [0.1, 0.15) is 40.4 Å². The Bertz CT molecular complexity index is 1430. The minimum absolute atomic E-state index is 0.104. The highest BCUT2D eigenvalue weighted by Crippen LogP contribution is 2.41. The second-order valence-electron chi connectivity index (χ2n) is 8.27. The second-order valence-corrected chi connectivity index (χ2v) is 8.27. The molecule has 0 saturated heterocycles. The molecule has 2 heterocycles. The number of benzene rings is 2. The van der Waals surface area contributed by atoms with Crippen molar-refractivity contribution in [2.24, 2.45) is 12.8 Å². The van der Waals surface area contributed by atoms with E-state index in [4.69, 9.17) is 5.73 Å². The molecule has 2 aromatic carbocycles. The van der Waals surface area contributed by atoms with Crippen molar-refractivity contribution in [3.05, 3.63) is 87.9 Å². The lowest BCUT2D eigenvalue weighted by atomic mass is 10.0. The van der Waals surface area contributed by atoms with Gasteiger partial charge >= 0.3 is 0 Å². The lowest BCUT2D eigenvalue weighted by Crippen LogP contribution is -2.19. The molecule has 6 heteroatoms. The number of nitrogens with zero attached hydrogens (tertiary/aromatic N) is 2. The summed E-state index contributed by atoms with van der Waals surface area (Å²) in [7, 11) is 1.76. The molecule has 5 rings (SSSR count). The molecule has 1 fully saturated rings. The summed E-state index contributed by atoms with van der Waals surface area (Å²) in [6.45, 7) is 1.91. The normalized spacial score (nSPS) is 13.6. The van der Waals surface area contributed by atoms with Gasteiger partial charge in [-0.25, -0.2) is 4.39 Å². The molecule has 1 aliphatic carbocycles. The maximum atomic E-state index is 14.9. The number of hydrogen-bond donors (Lipinski definition) is 1. The van der Waals surface area contributed by atoms with Crippen LogP contribution in [0.2, 0.25) is 0 Å². The summed E-state index contributed by atoms with van der Waals surface area (Å²) in [5.41, 5.74) is 9.64. The molecule has 0 bridgehead atoms. The van der Waals surface area contributed by atoms with Gasteiger partial charge in [-0.15, -0.1) is 0 Å². The number of carbonyl (C=O) groups is 1. The summed E-state index contributed by atoms with van der Waals surface area (Å²) >= 11 is 0. The molecule has 0 atom stereocenters. The first-order chi connectivity index (χ1) is 14.8. The van der Waals surface area contributed by atoms with Gasteiger partial charge in [-0.3, -0.25) is 14.2 Å². The molecule has 5 nitrogen and oxygen atoms in total. The molecule has 0 aliphatic heterocycles. The number of halogens is 1. The van der Waals surface area contributed by atoms with Crippen LogP contribution in [0, 0.1) is 12.7 Å². The van der Waals surface area contributed by atoms with Gasteiger partial charge in [-0.05, 0) is 72.0 Å². The first-order valence-electron chi connectivity index (χ1n) is 10.3. The third-order valence-electron chi connectivity index (χ3n) is 6.16. The highest BCUT2D eigenvalue weighted by Gasteiger charge is 2.25. The van der Waals surface area contributed by atoms with Gasteiger partial charge in [0, 0.05) is 25.0 Å². The zero-order chi connectivity index (χ0) is 21.9. The predicted octanol–water partition coefficient (Wildman–Crippen LogP) is 4.42. The lowest BCUT2D eigenvalue weighted by molar-refractivity contribution is 0.0992. The standard InChI is InChI=1S/C25H22FN3O2/c1-14-19(18-12-22(24(27)30)28(2)13-18)4-3-5-21(14)29-9-8-16-10-17(15-6-7-15)11-20(26)23(16)25(29)31/h3-5,8-13,15H,6-7H2,1-2H3,(H2,27,30). The number of amides is 1. The van der Waals surface area contributed by atoms with Gasteiger partial charge in [0.25, 0.3) is 11.5 Å². The quantitative estimate of drug-likeness (QED) is 0.536. The van der Waals surface area contributed by atoms with E-state index in [1.165, 1.54) is 10.6 Å². The Morgan fingerprint density at radius 3 is 2.61 bits per heavy atom. The van der Waals surface area contributed by atoms with E-state index in [9.17, 15) is 14.0 Å². The van der Waals surface area contributed by atoms with Crippen LogP contribution in [-0.2, 0) is 7.05 Å². The van der Waals surface area contributed by atoms with E-state index in [1.54, 1.807) is 29.9 Å². The van der Waals surface area contributed by atoms with Gasteiger partial charge < -0.3 is 10.3 Å². The number of carbonyl (C=O) groups excluding carboxylic acids is 1. The van der Waals surface area contributed by atoms with E-state index in [0.29, 0.717) is 22.7 Å². The third kappa shape index (κ3) is 3.15. The lowest BCUT2D eigenvalue weighted by Gasteiger charge is -2.14. The number of hydrogen-bond acceptors (Lipinski definition) is 2. The number of rotatable bonds is 4. The van der Waals surface area contributed by atoms with Crippen molar-refractivity contribution in [2.45, 2.75) is 25.7 Å². The molecule has 31 heavy (non-hydrogen) atoms. The van der Waals surface area contributed by atoms with E-state index >= 15 is 0 Å². The number of aryl methyl sites for hydroxylation is 1. The monoisotopic (exact) mass is 415 g/mol. The molecule has 1 saturated carbocycles. The Hall–Kier alpha value is -3.67. The molecule has 156 valence electrons. The Balaban J connectivity index is 1.66. The summed E-state index contributed by atoms with van der Waals surface area (Å²) in [6.07, 6.45) is 5.68. The van der Waals surface area contributed by atoms with Crippen molar-refractivity contribution in [3.63, 3.8) is 0 Å². The largest absolute Gasteiger partial charge is 0.364 e. The van der Waals surface area contributed by atoms with Crippen LogP contribution in [0.5, 0.6) is 0 Å². The van der Waals surface area contributed by atoms with Crippen molar-refractivity contribution in [1.29, 1.82) is 0 Å². The molecular formula is C25H22FN3O2. The molecule has 2 N–H and O–H groups in total. The van der Waals surface area contributed by atoms with Gasteiger partial charge in [0.1, 0.15) is 11.5 Å². The summed E-state index contributed by atoms with van der Waals surface area (Å²) in [5.74, 6) is -0.563. The molecule has 1 amide bonds. The van der Waals surface area contributed by atoms with Crippen molar-refractivity contribution in [1.82, 2.24) is 9.13 Å². The third-order valence-corrected chi connectivity index (χ3v) is 6.16. The zero-order valence-corrected chi connectivity index (χ0v) is 17.4. The maximum Gasteiger partial charge on any atom is 0.265 e. The summed E-state index contributed by atoms with van der Waals surface area (Å²) in [5, 5.41) is 0.735. The number of primary amides is 1. The first-order valence-corrected chi connectivity index (χ1v) is 10.3. The predicted molar refractivity (Wildman–Crippen MR) is 119 cm³/mol. The fourth-order valence-electron chi connectivity index (χ4n) is 4.35. The van der Waals surface area contributed by atoms with Crippen molar-refractivity contribution >= 4 is 16.7 Å². The van der Waals surface area contributed by atoms with Crippen LogP contribution < -0.4 is 11.3 Å². The SMILES string of the molecule is Cc1c(-c2cc(C(N)=O)n(C)c2)cccc1-n1ccc2cc(C3CC3)cc(F)c2c1=O. The van der Waals surface area contributed by atoms with Crippen LogP contribution in [0.4, 0.5) is 4.39 Å². The van der Waals surface area contributed by atoms with Gasteiger partial charge in [0.15, 0.2) is 0 Å². The fraction of sp³-hybridized carbons (Fsp3) is 0.200. The number of pyridine rings is 1. The highest BCUT2D eigenvalue weighted by molar-refractivity contribution is 5.93. The summed E-state index contributed by atoms with van der Waals surface area (Å²) < 4.78 is 18.1. The molecule has 0 radical (unpaired) electrons. The van der Waals surface area contributed by atoms with Crippen LogP contribution in [0.15, 0.2) is 59.7 Å². The smallest absolute Gasteiger partial charge is 0.265 e. The molecule has 2 aromatic heterocycles. The van der Waals surface area contributed by atoms with Gasteiger partial charge in [0.05, 0.1) is 11.1 Å². The zero-order valence-electron chi connectivity index (χ0n) is 17.4. The van der Waals surface area contributed by atoms with E-state index in [-0.39, 0.29) is 10.9 Å². The van der Waals surface area contributed by atoms with Crippen LogP contribution in [-0.4, -0.2) is 15.0 Å². The van der Waals surface area contributed by atoms with Crippen molar-refractivity contribution in [3.8, 4) is 16.8 Å². The van der Waals surface area contributed by atoms with Crippen molar-refractivity contribution in [2.75, 3.05) is 0 Å². The Morgan fingerprint density at radius 2 is 1.94 bits per heavy atom. The fourth-order valence-corrected chi connectivity index (χ4v) is 4.35. The average molecular weight is 415 g/mol.